The molecule has 0 atom stereocenters. The Morgan fingerprint density at radius 3 is 1.30 bits per heavy atom. The monoisotopic (exact) mass is 183 g/mol. The van der Waals surface area contributed by atoms with E-state index in [1.165, 1.54) is 0 Å². The number of hydrogen-bond acceptors (Lipinski definition) is 2. The Morgan fingerprint density at radius 2 is 1.20 bits per heavy atom. The van der Waals surface area contributed by atoms with Crippen LogP contribution < -0.4 is 0 Å². The average molecular weight is 183 g/mol. The van der Waals surface area contributed by atoms with Crippen LogP contribution in [0.4, 0.5) is 0 Å². The molecule has 10 heavy (non-hydrogen) atoms. The van der Waals surface area contributed by atoms with Gasteiger partial charge in [-0.15, -0.1) is 0 Å². The van der Waals surface area contributed by atoms with Crippen LogP contribution in [-0.4, -0.2) is 13.6 Å². The Bertz CT molecular complexity index is 87.8. The maximum atomic E-state index is 7.75. The summed E-state index contributed by atoms with van der Waals surface area (Å²) in [5.74, 6) is 0. The van der Waals surface area contributed by atoms with Crippen LogP contribution >= 0.6 is 0 Å². The summed E-state index contributed by atoms with van der Waals surface area (Å²) in [6.45, 7) is 6.50. The smallest absolute Gasteiger partial charge is 0.545 e. The van der Waals surface area contributed by atoms with E-state index < -0.39 is 0 Å². The maximum Gasteiger partial charge on any atom is 2.00 e. The molecule has 3 heteroatoms. The van der Waals surface area contributed by atoms with Crippen LogP contribution in [0.15, 0.2) is 24.3 Å². The van der Waals surface area contributed by atoms with Crippen molar-refractivity contribution in [3.63, 3.8) is 0 Å². The molecule has 2 nitrogen and oxygen atoms in total. The van der Waals surface area contributed by atoms with Crippen LogP contribution in [-0.2, 0) is 26.4 Å². The zero-order valence-corrected chi connectivity index (χ0v) is 6.36. The van der Waals surface area contributed by atoms with Crippen molar-refractivity contribution in [2.24, 2.45) is 0 Å². The molecule has 1 aliphatic rings. The molecule has 0 aromatic rings. The maximum absolute atomic E-state index is 7.75. The van der Waals surface area contributed by atoms with Gasteiger partial charge < -0.3 is 9.59 Å². The van der Waals surface area contributed by atoms with Crippen molar-refractivity contribution in [3.05, 3.63) is 24.3 Å². The molecule has 0 unspecified atom stereocenters. The molecule has 0 aromatic heterocycles. The zero-order chi connectivity index (χ0) is 7.54. The minimum atomic E-state index is 0. The Balaban J connectivity index is -0.0000000875. The van der Waals surface area contributed by atoms with E-state index in [0.29, 0.717) is 0 Å². The third-order valence-electron chi connectivity index (χ3n) is 0.655. The summed E-state index contributed by atoms with van der Waals surface area (Å²) < 4.78 is 0. The minimum Gasteiger partial charge on any atom is -0.545 e. The first-order chi connectivity index (χ1) is 4.50. The second kappa shape index (κ2) is 23.9. The molecule has 0 fully saturated rings. The van der Waals surface area contributed by atoms with Gasteiger partial charge in [0.05, 0.1) is 0 Å². The van der Waals surface area contributed by atoms with E-state index in [0.717, 1.165) is 6.42 Å². The van der Waals surface area contributed by atoms with Crippen LogP contribution in [0.3, 0.4) is 0 Å². The molecule has 0 amide bonds. The summed E-state index contributed by atoms with van der Waals surface area (Å²) in [5.41, 5.74) is 0. The third-order valence-corrected chi connectivity index (χ3v) is 0.655. The van der Waals surface area contributed by atoms with Gasteiger partial charge in [0.2, 0.25) is 0 Å². The van der Waals surface area contributed by atoms with E-state index in [1.54, 1.807) is 0 Å². The molecule has 0 saturated heterocycles. The minimum absolute atomic E-state index is 0. The topological polar surface area (TPSA) is 34.1 Å². The zero-order valence-electron chi connectivity index (χ0n) is 5.32. The Morgan fingerprint density at radius 1 is 0.900 bits per heavy atom. The molecule has 0 N–H and O–H groups in total. The number of carbonyl (C=O) groups excluding carboxylic acids is 2. The summed E-state index contributed by atoms with van der Waals surface area (Å²) in [4.78, 5) is 15.5. The van der Waals surface area contributed by atoms with E-state index in [4.69, 9.17) is 9.59 Å². The summed E-state index contributed by atoms with van der Waals surface area (Å²) in [7, 11) is 0. The number of rotatable bonds is 0. The molecule has 1 radical (unpaired) electrons. The molecule has 0 aromatic carbocycles. The van der Waals surface area contributed by atoms with E-state index in [-0.39, 0.29) is 16.8 Å². The van der Waals surface area contributed by atoms with Gasteiger partial charge in [0.1, 0.15) is 0 Å². The van der Waals surface area contributed by atoms with Gasteiger partial charge in [-0.3, -0.25) is 13.6 Å². The van der Waals surface area contributed by atoms with Gasteiger partial charge in [0.15, 0.2) is 0 Å². The average Bonchev–Trinajstić information content (AvgIpc) is 2.51. The Kier molecular flexibility index (Phi) is 38.6. The van der Waals surface area contributed by atoms with Crippen LogP contribution in [0.2, 0.25) is 0 Å². The normalized spacial score (nSPS) is 9.60. The Labute approximate surface area is 71.2 Å². The van der Waals surface area contributed by atoms with Crippen molar-refractivity contribution in [1.29, 1.82) is 0 Å². The number of hydrogen-bond donors (Lipinski definition) is 0. The Hall–Kier alpha value is -0.674. The van der Waals surface area contributed by atoms with Gasteiger partial charge >= 0.3 is 16.8 Å². The third kappa shape index (κ3) is 15.7. The van der Waals surface area contributed by atoms with Crippen LogP contribution in [0.1, 0.15) is 6.42 Å². The first-order valence-electron chi connectivity index (χ1n) is 2.29. The van der Waals surface area contributed by atoms with Crippen molar-refractivity contribution in [2.45, 2.75) is 6.42 Å². The van der Waals surface area contributed by atoms with Crippen molar-refractivity contribution >= 4 is 13.6 Å². The SMILES string of the molecule is C1=CCC=C1.[CH-]=O.[CH-]=O.[Co+2]. The molecular weight excluding hydrogens is 175 g/mol. The quantitative estimate of drug-likeness (QED) is 0.414. The van der Waals surface area contributed by atoms with E-state index in [2.05, 4.69) is 37.9 Å². The molecule has 0 spiro atoms. The fraction of sp³-hybridized carbons (Fsp3) is 0.143. The summed E-state index contributed by atoms with van der Waals surface area (Å²) in [6.07, 6.45) is 9.50. The van der Waals surface area contributed by atoms with Crippen LogP contribution in [0.5, 0.6) is 0 Å². The van der Waals surface area contributed by atoms with Gasteiger partial charge in [-0.05, 0) is 6.42 Å². The first kappa shape index (κ1) is 16.2. The van der Waals surface area contributed by atoms with Crippen molar-refractivity contribution < 1.29 is 26.4 Å². The second-order valence-electron chi connectivity index (χ2n) is 1.09. The van der Waals surface area contributed by atoms with Crippen LogP contribution in [0, 0.1) is 0 Å². The summed E-state index contributed by atoms with van der Waals surface area (Å²) in [5, 5.41) is 0. The molecule has 0 heterocycles. The summed E-state index contributed by atoms with van der Waals surface area (Å²) >= 11 is 0. The molecule has 0 bridgehead atoms. The van der Waals surface area contributed by atoms with Crippen molar-refractivity contribution in [2.75, 3.05) is 0 Å². The van der Waals surface area contributed by atoms with Crippen LogP contribution in [0.25, 0.3) is 0 Å². The fourth-order valence-electron chi connectivity index (χ4n) is 0.393. The molecular formula is C7H8CoO2. The van der Waals surface area contributed by atoms with E-state index >= 15 is 0 Å². The molecule has 0 aliphatic heterocycles. The van der Waals surface area contributed by atoms with Crippen molar-refractivity contribution in [1.82, 2.24) is 0 Å². The molecule has 0 saturated carbocycles. The van der Waals surface area contributed by atoms with Crippen molar-refractivity contribution in [3.8, 4) is 0 Å². The predicted octanol–water partition coefficient (Wildman–Crippen LogP) is 0.952. The van der Waals surface area contributed by atoms with Gasteiger partial charge in [-0.2, -0.15) is 0 Å². The van der Waals surface area contributed by atoms with Gasteiger partial charge in [-0.1, -0.05) is 24.3 Å². The molecule has 57 valence electrons. The predicted molar refractivity (Wildman–Crippen MR) is 36.4 cm³/mol. The first-order valence-corrected chi connectivity index (χ1v) is 2.29. The second-order valence-corrected chi connectivity index (χ2v) is 1.09. The van der Waals surface area contributed by atoms with E-state index in [9.17, 15) is 0 Å². The number of allylic oxidation sites excluding steroid dienone is 4. The molecule has 1 aliphatic carbocycles. The fourth-order valence-corrected chi connectivity index (χ4v) is 0.393. The molecule has 1 rings (SSSR count). The van der Waals surface area contributed by atoms with Gasteiger partial charge in [0.25, 0.3) is 0 Å². The van der Waals surface area contributed by atoms with Gasteiger partial charge in [0, 0.05) is 0 Å². The van der Waals surface area contributed by atoms with E-state index in [1.807, 2.05) is 0 Å². The largest absolute Gasteiger partial charge is 2.00 e. The van der Waals surface area contributed by atoms with Gasteiger partial charge in [-0.25, -0.2) is 0 Å². The summed E-state index contributed by atoms with van der Waals surface area (Å²) in [6, 6.07) is 0. The standard InChI is InChI=1S/C5H6.2CHO.Co/c1-2-4-5-3-1;2*1-2;/h1-4H,5H2;2*1H;/q;2*-1;+2.